The summed E-state index contributed by atoms with van der Waals surface area (Å²) < 4.78 is 0. The average Bonchev–Trinajstić information content (AvgIpc) is 1.87. The van der Waals surface area contributed by atoms with Crippen LogP contribution >= 0.6 is 7.14 Å². The van der Waals surface area contributed by atoms with E-state index in [0.29, 0.717) is 0 Å². The van der Waals surface area contributed by atoms with Crippen LogP contribution in [0.3, 0.4) is 0 Å². The van der Waals surface area contributed by atoms with Gasteiger partial charge in [-0.2, -0.15) is 0 Å². The molecule has 47 valence electrons. The molecule has 0 aromatic heterocycles. The SMILES string of the molecule is [B-][P+](CC)(CC)CC. The Morgan fingerprint density at radius 1 is 1.00 bits per heavy atom. The molecule has 0 rings (SSSR count). The highest BCUT2D eigenvalue weighted by molar-refractivity contribution is 7.97. The maximum absolute atomic E-state index is 6.01. The number of rotatable bonds is 3. The topological polar surface area (TPSA) is 0 Å². The van der Waals surface area contributed by atoms with Crippen molar-refractivity contribution >= 4 is 14.7 Å². The molecule has 8 heavy (non-hydrogen) atoms. The van der Waals surface area contributed by atoms with E-state index >= 15 is 0 Å². The van der Waals surface area contributed by atoms with Gasteiger partial charge in [-0.25, -0.2) is 7.14 Å². The van der Waals surface area contributed by atoms with E-state index < -0.39 is 7.14 Å². The van der Waals surface area contributed by atoms with Gasteiger partial charge in [0.1, 0.15) is 0 Å². The van der Waals surface area contributed by atoms with Gasteiger partial charge in [0, 0.05) is 18.5 Å². The van der Waals surface area contributed by atoms with Gasteiger partial charge in [0.15, 0.2) is 0 Å². The first kappa shape index (κ1) is 8.49. The standard InChI is InChI=1S/C6H15BP/c1-4-8(7,5-2)6-3/h4-6H2,1-3H3. The summed E-state index contributed by atoms with van der Waals surface area (Å²) in [6, 6.07) is 0. The molecule has 0 atom stereocenters. The van der Waals surface area contributed by atoms with Crippen molar-refractivity contribution in [3.63, 3.8) is 0 Å². The van der Waals surface area contributed by atoms with Gasteiger partial charge in [0.2, 0.25) is 0 Å². The average molecular weight is 129 g/mol. The molecular weight excluding hydrogens is 114 g/mol. The maximum Gasteiger partial charge on any atom is 0.00892 e. The predicted molar refractivity (Wildman–Crippen MR) is 44.3 cm³/mol. The Kier molecular flexibility index (Phi) is 3.72. The van der Waals surface area contributed by atoms with Crippen LogP contribution in [0.15, 0.2) is 0 Å². The van der Waals surface area contributed by atoms with Gasteiger partial charge in [-0.05, 0) is 20.8 Å². The van der Waals surface area contributed by atoms with Crippen LogP contribution in [0.25, 0.3) is 0 Å². The minimum atomic E-state index is -0.912. The lowest BCUT2D eigenvalue weighted by atomic mass is 10.7. The molecule has 0 aromatic carbocycles. The van der Waals surface area contributed by atoms with Gasteiger partial charge in [0.25, 0.3) is 0 Å². The normalized spacial score (nSPS) is 12.0. The Balaban J connectivity index is 3.58. The molecule has 0 fully saturated rings. The molecule has 3 radical (unpaired) electrons. The molecular formula is C6H15BP. The van der Waals surface area contributed by atoms with E-state index in [-0.39, 0.29) is 0 Å². The van der Waals surface area contributed by atoms with Crippen LogP contribution in [0.5, 0.6) is 0 Å². The zero-order valence-electron chi connectivity index (χ0n) is 6.15. The van der Waals surface area contributed by atoms with E-state index in [9.17, 15) is 0 Å². The van der Waals surface area contributed by atoms with Crippen molar-refractivity contribution in [1.82, 2.24) is 0 Å². The molecule has 2 heteroatoms. The largest absolute Gasteiger partial charge is 0.307 e. The van der Waals surface area contributed by atoms with Gasteiger partial charge < -0.3 is 7.57 Å². The van der Waals surface area contributed by atoms with Gasteiger partial charge in [-0.1, -0.05) is 0 Å². The van der Waals surface area contributed by atoms with Crippen molar-refractivity contribution in [3.05, 3.63) is 0 Å². The summed E-state index contributed by atoms with van der Waals surface area (Å²) in [5, 5.41) is 0. The first-order chi connectivity index (χ1) is 3.68. The summed E-state index contributed by atoms with van der Waals surface area (Å²) in [5.41, 5.74) is 0. The molecule has 0 aliphatic rings. The molecule has 0 aliphatic heterocycles. The molecule has 0 aliphatic carbocycles. The Bertz CT molecular complexity index is 51.3. The monoisotopic (exact) mass is 129 g/mol. The molecule has 0 nitrogen and oxygen atoms in total. The van der Waals surface area contributed by atoms with Crippen LogP contribution in [0.2, 0.25) is 0 Å². The fourth-order valence-corrected chi connectivity index (χ4v) is 2.01. The Labute approximate surface area is 54.8 Å². The lowest BCUT2D eigenvalue weighted by Crippen LogP contribution is -2.00. The van der Waals surface area contributed by atoms with E-state index in [1.165, 1.54) is 18.5 Å². The molecule has 0 heterocycles. The fourth-order valence-electron chi connectivity index (χ4n) is 0.671. The molecule has 0 aromatic rings. The van der Waals surface area contributed by atoms with Crippen LogP contribution in [0, 0.1) is 0 Å². The first-order valence-electron chi connectivity index (χ1n) is 3.33. The van der Waals surface area contributed by atoms with Crippen LogP contribution < -0.4 is 0 Å². The number of hydrogen-bond donors (Lipinski definition) is 0. The second-order valence-electron chi connectivity index (χ2n) is 2.17. The number of hydrogen-bond acceptors (Lipinski definition) is 0. The lowest BCUT2D eigenvalue weighted by molar-refractivity contribution is 1.34. The smallest absolute Gasteiger partial charge is 0.00892 e. The summed E-state index contributed by atoms with van der Waals surface area (Å²) in [7, 11) is 5.09. The summed E-state index contributed by atoms with van der Waals surface area (Å²) >= 11 is 0. The van der Waals surface area contributed by atoms with Crippen LogP contribution in [-0.2, 0) is 0 Å². The van der Waals surface area contributed by atoms with Crippen molar-refractivity contribution in [2.75, 3.05) is 18.5 Å². The quantitative estimate of drug-likeness (QED) is 0.404. The van der Waals surface area contributed by atoms with Crippen molar-refractivity contribution < 1.29 is 0 Å². The molecule has 0 saturated heterocycles. The fraction of sp³-hybridized carbons (Fsp3) is 1.00. The summed E-state index contributed by atoms with van der Waals surface area (Å²) in [6.45, 7) is 6.59. The van der Waals surface area contributed by atoms with Crippen molar-refractivity contribution in [3.8, 4) is 0 Å². The van der Waals surface area contributed by atoms with E-state index in [0.717, 1.165) is 0 Å². The van der Waals surface area contributed by atoms with Gasteiger partial charge >= 0.3 is 0 Å². The second-order valence-corrected chi connectivity index (χ2v) is 6.50. The highest BCUT2D eigenvalue weighted by Gasteiger charge is 2.07. The summed E-state index contributed by atoms with van der Waals surface area (Å²) in [5.74, 6) is 0. The van der Waals surface area contributed by atoms with Crippen LogP contribution in [0.4, 0.5) is 0 Å². The minimum absolute atomic E-state index is 0.912. The highest BCUT2D eigenvalue weighted by Crippen LogP contribution is 2.52. The third kappa shape index (κ3) is 2.18. The van der Waals surface area contributed by atoms with E-state index in [2.05, 4.69) is 20.8 Å². The Hall–Kier alpha value is 0.495. The zero-order chi connectivity index (χ0) is 6.62. The van der Waals surface area contributed by atoms with Gasteiger partial charge in [-0.15, -0.1) is 0 Å². The first-order valence-corrected chi connectivity index (χ1v) is 5.74. The van der Waals surface area contributed by atoms with Gasteiger partial charge in [-0.3, -0.25) is 0 Å². The van der Waals surface area contributed by atoms with Crippen molar-refractivity contribution in [2.45, 2.75) is 20.8 Å². The van der Waals surface area contributed by atoms with Crippen LogP contribution in [0.1, 0.15) is 20.8 Å². The maximum atomic E-state index is 6.01. The third-order valence-electron chi connectivity index (χ3n) is 1.89. The molecule has 0 saturated carbocycles. The Morgan fingerprint density at radius 2 is 1.25 bits per heavy atom. The second kappa shape index (κ2) is 3.51. The van der Waals surface area contributed by atoms with E-state index in [4.69, 9.17) is 7.57 Å². The molecule has 0 spiro atoms. The van der Waals surface area contributed by atoms with E-state index in [1.807, 2.05) is 0 Å². The zero-order valence-corrected chi connectivity index (χ0v) is 7.04. The molecule has 0 unspecified atom stereocenters. The Morgan fingerprint density at radius 3 is 1.25 bits per heavy atom. The van der Waals surface area contributed by atoms with Crippen LogP contribution in [-0.4, -0.2) is 26.1 Å². The molecule has 0 bridgehead atoms. The van der Waals surface area contributed by atoms with Crippen molar-refractivity contribution in [2.24, 2.45) is 0 Å². The summed E-state index contributed by atoms with van der Waals surface area (Å²) in [6.07, 6.45) is 3.62. The summed E-state index contributed by atoms with van der Waals surface area (Å²) in [4.78, 5) is 0. The molecule has 0 amide bonds. The van der Waals surface area contributed by atoms with Crippen molar-refractivity contribution in [1.29, 1.82) is 0 Å². The molecule has 0 N–H and O–H groups in total. The third-order valence-corrected chi connectivity index (χ3v) is 5.67. The minimum Gasteiger partial charge on any atom is -0.307 e. The highest BCUT2D eigenvalue weighted by atomic mass is 31.2. The predicted octanol–water partition coefficient (Wildman–Crippen LogP) is 2.15. The lowest BCUT2D eigenvalue weighted by Gasteiger charge is -2.32. The van der Waals surface area contributed by atoms with E-state index in [1.54, 1.807) is 0 Å². The van der Waals surface area contributed by atoms with Gasteiger partial charge in [0.05, 0.1) is 0 Å².